The molecule has 94 valence electrons. The first-order valence-electron chi connectivity index (χ1n) is 5.55. The van der Waals surface area contributed by atoms with E-state index in [1.165, 1.54) is 12.3 Å². The molecule has 2 aromatic rings. The third-order valence-corrected chi connectivity index (χ3v) is 3.23. The molecule has 0 aromatic carbocycles. The maximum Gasteiger partial charge on any atom is 0.287 e. The van der Waals surface area contributed by atoms with Gasteiger partial charge in [0.25, 0.3) is 11.6 Å². The van der Waals surface area contributed by atoms with Crippen LogP contribution in [-0.2, 0) is 5.54 Å². The van der Waals surface area contributed by atoms with Gasteiger partial charge in [-0.3, -0.25) is 10.1 Å². The zero-order chi connectivity index (χ0) is 12.8. The first-order valence-corrected chi connectivity index (χ1v) is 5.55. The minimum absolute atomic E-state index is 0.0455. The fourth-order valence-electron chi connectivity index (χ4n) is 1.93. The van der Waals surface area contributed by atoms with Gasteiger partial charge in [-0.1, -0.05) is 5.16 Å². The summed E-state index contributed by atoms with van der Waals surface area (Å²) in [5.74, 6) is 0.677. The molecule has 0 atom stereocenters. The van der Waals surface area contributed by atoms with Crippen molar-refractivity contribution in [2.24, 2.45) is 5.73 Å². The molecule has 3 rings (SSSR count). The summed E-state index contributed by atoms with van der Waals surface area (Å²) in [6.07, 6.45) is 3.99. The Bertz CT molecular complexity index is 598. The van der Waals surface area contributed by atoms with E-state index in [2.05, 4.69) is 15.1 Å². The van der Waals surface area contributed by atoms with E-state index in [0.717, 1.165) is 19.3 Å². The molecule has 0 saturated heterocycles. The Kier molecular flexibility index (Phi) is 2.20. The maximum atomic E-state index is 10.6. The number of aromatic amines is 1. The molecule has 1 saturated carbocycles. The molecule has 0 bridgehead atoms. The van der Waals surface area contributed by atoms with Crippen molar-refractivity contribution in [2.45, 2.75) is 24.8 Å². The van der Waals surface area contributed by atoms with Crippen molar-refractivity contribution in [3.63, 3.8) is 0 Å². The van der Waals surface area contributed by atoms with Crippen molar-refractivity contribution in [1.29, 1.82) is 0 Å². The second-order valence-electron chi connectivity index (χ2n) is 4.46. The van der Waals surface area contributed by atoms with Gasteiger partial charge < -0.3 is 15.2 Å². The molecule has 2 aromatic heterocycles. The first kappa shape index (κ1) is 10.9. The topological polar surface area (TPSA) is 124 Å². The summed E-state index contributed by atoms with van der Waals surface area (Å²) in [7, 11) is 0. The molecule has 1 fully saturated rings. The van der Waals surface area contributed by atoms with E-state index in [1.807, 2.05) is 0 Å². The molecule has 0 amide bonds. The van der Waals surface area contributed by atoms with Crippen molar-refractivity contribution >= 4 is 5.69 Å². The van der Waals surface area contributed by atoms with E-state index >= 15 is 0 Å². The second kappa shape index (κ2) is 3.64. The predicted molar refractivity (Wildman–Crippen MR) is 60.5 cm³/mol. The van der Waals surface area contributed by atoms with Crippen molar-refractivity contribution in [2.75, 3.05) is 0 Å². The highest BCUT2D eigenvalue weighted by Crippen LogP contribution is 2.37. The molecule has 18 heavy (non-hydrogen) atoms. The number of H-pyrrole nitrogens is 1. The Balaban J connectivity index is 1.90. The molecule has 0 aliphatic heterocycles. The van der Waals surface area contributed by atoms with E-state index in [1.54, 1.807) is 0 Å². The molecular weight excluding hydrogens is 238 g/mol. The lowest BCUT2D eigenvalue weighted by Crippen LogP contribution is -2.44. The lowest BCUT2D eigenvalue weighted by atomic mass is 9.77. The van der Waals surface area contributed by atoms with Crippen molar-refractivity contribution in [1.82, 2.24) is 15.1 Å². The summed E-state index contributed by atoms with van der Waals surface area (Å²) in [5, 5.41) is 14.4. The van der Waals surface area contributed by atoms with E-state index < -0.39 is 10.5 Å². The van der Waals surface area contributed by atoms with Gasteiger partial charge in [-0.05, 0) is 19.3 Å². The number of hydrogen-bond donors (Lipinski definition) is 2. The van der Waals surface area contributed by atoms with Crippen LogP contribution in [0.25, 0.3) is 11.6 Å². The molecule has 0 radical (unpaired) electrons. The van der Waals surface area contributed by atoms with Gasteiger partial charge in [0, 0.05) is 6.07 Å². The molecule has 1 aliphatic rings. The molecule has 0 unspecified atom stereocenters. The van der Waals surface area contributed by atoms with Gasteiger partial charge in [-0.25, -0.2) is 0 Å². The lowest BCUT2D eigenvalue weighted by molar-refractivity contribution is -0.384. The van der Waals surface area contributed by atoms with E-state index in [4.69, 9.17) is 10.3 Å². The minimum Gasteiger partial charge on any atom is -0.351 e. The van der Waals surface area contributed by atoms with E-state index in [9.17, 15) is 10.1 Å². The van der Waals surface area contributed by atoms with Gasteiger partial charge in [-0.15, -0.1) is 0 Å². The molecule has 2 heterocycles. The first-order chi connectivity index (χ1) is 8.58. The van der Waals surface area contributed by atoms with Crippen LogP contribution in [0.1, 0.15) is 25.1 Å². The average Bonchev–Trinajstić information content (AvgIpc) is 2.94. The second-order valence-corrected chi connectivity index (χ2v) is 4.46. The maximum absolute atomic E-state index is 10.6. The number of nitrogens with one attached hydrogen (secondary N) is 1. The number of hydrogen-bond acceptors (Lipinski definition) is 6. The molecular formula is C10H11N5O3. The SMILES string of the molecule is NC1(c2noc(-c3cc([N+](=O)[O-])c[nH]3)n2)CCC1. The summed E-state index contributed by atoms with van der Waals surface area (Å²) in [4.78, 5) is 17.0. The van der Waals surface area contributed by atoms with Gasteiger partial charge in [0.2, 0.25) is 0 Å². The fourth-order valence-corrected chi connectivity index (χ4v) is 1.93. The van der Waals surface area contributed by atoms with Crippen LogP contribution >= 0.6 is 0 Å². The summed E-state index contributed by atoms with van der Waals surface area (Å²) >= 11 is 0. The molecule has 8 nitrogen and oxygen atoms in total. The minimum atomic E-state index is -0.500. The van der Waals surface area contributed by atoms with E-state index in [-0.39, 0.29) is 11.6 Å². The van der Waals surface area contributed by atoms with E-state index in [0.29, 0.717) is 11.5 Å². The monoisotopic (exact) mass is 249 g/mol. The zero-order valence-corrected chi connectivity index (χ0v) is 9.42. The van der Waals surface area contributed by atoms with Crippen molar-refractivity contribution in [3.8, 4) is 11.6 Å². The summed E-state index contributed by atoms with van der Waals surface area (Å²) in [5.41, 5.74) is 5.94. The highest BCUT2D eigenvalue weighted by molar-refractivity contribution is 5.53. The quantitative estimate of drug-likeness (QED) is 0.624. The molecule has 8 heteroatoms. The smallest absolute Gasteiger partial charge is 0.287 e. The Hall–Kier alpha value is -2.22. The van der Waals surface area contributed by atoms with Gasteiger partial charge >= 0.3 is 0 Å². The lowest BCUT2D eigenvalue weighted by Gasteiger charge is -2.34. The number of rotatable bonds is 3. The van der Waals surface area contributed by atoms with Crippen LogP contribution in [0.2, 0.25) is 0 Å². The number of aromatic nitrogens is 3. The van der Waals surface area contributed by atoms with Gasteiger partial charge in [0.05, 0.1) is 16.7 Å². The van der Waals surface area contributed by atoms with Crippen LogP contribution in [0.15, 0.2) is 16.8 Å². The predicted octanol–water partition coefficient (Wildman–Crippen LogP) is 1.31. The third kappa shape index (κ3) is 1.58. The van der Waals surface area contributed by atoms with Crippen LogP contribution in [0.3, 0.4) is 0 Å². The third-order valence-electron chi connectivity index (χ3n) is 3.23. The van der Waals surface area contributed by atoms with Crippen molar-refractivity contribution < 1.29 is 9.45 Å². The van der Waals surface area contributed by atoms with Gasteiger partial charge in [-0.2, -0.15) is 4.98 Å². The average molecular weight is 249 g/mol. The highest BCUT2D eigenvalue weighted by atomic mass is 16.6. The summed E-state index contributed by atoms with van der Waals surface area (Å²) < 4.78 is 5.07. The summed E-state index contributed by atoms with van der Waals surface area (Å²) in [6, 6.07) is 1.35. The van der Waals surface area contributed by atoms with Crippen LogP contribution in [0.4, 0.5) is 5.69 Å². The van der Waals surface area contributed by atoms with Crippen molar-refractivity contribution in [3.05, 3.63) is 28.2 Å². The molecule has 3 N–H and O–H groups in total. The largest absolute Gasteiger partial charge is 0.351 e. The molecule has 0 spiro atoms. The van der Waals surface area contributed by atoms with Crippen LogP contribution in [0, 0.1) is 10.1 Å². The highest BCUT2D eigenvalue weighted by Gasteiger charge is 2.39. The Morgan fingerprint density at radius 1 is 1.56 bits per heavy atom. The zero-order valence-electron chi connectivity index (χ0n) is 9.42. The number of nitrogens with zero attached hydrogens (tertiary/aromatic N) is 3. The summed E-state index contributed by atoms with van der Waals surface area (Å²) in [6.45, 7) is 0. The number of nitro groups is 1. The van der Waals surface area contributed by atoms with Gasteiger partial charge in [0.15, 0.2) is 5.82 Å². The Morgan fingerprint density at radius 3 is 2.89 bits per heavy atom. The van der Waals surface area contributed by atoms with Crippen LogP contribution in [-0.4, -0.2) is 20.0 Å². The Morgan fingerprint density at radius 2 is 2.33 bits per heavy atom. The standard InChI is InChI=1S/C10H11N5O3/c11-10(2-1-3-10)9-13-8(18-14-9)7-4-6(5-12-7)15(16)17/h4-5,12H,1-3,11H2. The van der Waals surface area contributed by atoms with Crippen LogP contribution in [0.5, 0.6) is 0 Å². The Labute approximate surface area is 101 Å². The molecule has 1 aliphatic carbocycles. The van der Waals surface area contributed by atoms with Gasteiger partial charge in [0.1, 0.15) is 5.69 Å². The normalized spacial score (nSPS) is 17.4. The fraction of sp³-hybridized carbons (Fsp3) is 0.400. The van der Waals surface area contributed by atoms with Crippen LogP contribution < -0.4 is 5.73 Å². The number of nitrogens with two attached hydrogens (primary N) is 1.